The molecule has 0 aromatic heterocycles. The van der Waals surface area contributed by atoms with Gasteiger partial charge in [0.25, 0.3) is 0 Å². The fourth-order valence-electron chi connectivity index (χ4n) is 3.71. The van der Waals surface area contributed by atoms with Crippen LogP contribution >= 0.6 is 0 Å². The minimum absolute atomic E-state index is 0.413. The van der Waals surface area contributed by atoms with E-state index in [2.05, 4.69) is 46.4 Å². The zero-order chi connectivity index (χ0) is 16.0. The molecule has 0 aromatic rings. The first-order chi connectivity index (χ1) is 9.75. The van der Waals surface area contributed by atoms with Crippen LogP contribution in [0.2, 0.25) is 0 Å². The van der Waals surface area contributed by atoms with Crippen molar-refractivity contribution < 1.29 is 0 Å². The Kier molecular flexibility index (Phi) is 7.70. The van der Waals surface area contributed by atoms with Gasteiger partial charge in [-0.25, -0.2) is 0 Å². The van der Waals surface area contributed by atoms with Crippen molar-refractivity contribution in [3.63, 3.8) is 0 Å². The summed E-state index contributed by atoms with van der Waals surface area (Å²) in [4.78, 5) is 2.67. The van der Waals surface area contributed by atoms with Crippen molar-refractivity contribution in [3.05, 3.63) is 0 Å². The van der Waals surface area contributed by atoms with Crippen molar-refractivity contribution in [3.8, 4) is 0 Å². The smallest absolute Gasteiger partial charge is 0.00795 e. The number of unbranched alkanes of at least 4 members (excludes halogenated alkanes) is 2. The van der Waals surface area contributed by atoms with Crippen molar-refractivity contribution in [2.75, 3.05) is 13.1 Å². The molecule has 0 saturated heterocycles. The molecule has 2 nitrogen and oxygen atoms in total. The van der Waals surface area contributed by atoms with Gasteiger partial charge in [0.2, 0.25) is 0 Å². The average molecular weight is 297 g/mol. The average Bonchev–Trinajstić information content (AvgIpc) is 2.38. The fourth-order valence-corrected chi connectivity index (χ4v) is 3.71. The monoisotopic (exact) mass is 296 g/mol. The summed E-state index contributed by atoms with van der Waals surface area (Å²) in [7, 11) is 0. The Morgan fingerprint density at radius 3 is 2.33 bits per heavy atom. The maximum atomic E-state index is 6.46. The molecule has 0 radical (unpaired) electrons. The quantitative estimate of drug-likeness (QED) is 0.691. The van der Waals surface area contributed by atoms with E-state index in [4.69, 9.17) is 5.73 Å². The van der Waals surface area contributed by atoms with Crippen LogP contribution in [0, 0.1) is 17.3 Å². The van der Waals surface area contributed by atoms with E-state index in [1.807, 2.05) is 0 Å². The van der Waals surface area contributed by atoms with Crippen molar-refractivity contribution in [1.29, 1.82) is 0 Å². The van der Waals surface area contributed by atoms with Gasteiger partial charge in [0.15, 0.2) is 0 Å². The summed E-state index contributed by atoms with van der Waals surface area (Å²) in [5, 5.41) is 0. The fraction of sp³-hybridized carbons (Fsp3) is 1.00. The van der Waals surface area contributed by atoms with Crippen LogP contribution in [0.15, 0.2) is 0 Å². The van der Waals surface area contributed by atoms with E-state index >= 15 is 0 Å². The van der Waals surface area contributed by atoms with Crippen LogP contribution in [0.25, 0.3) is 0 Å². The molecule has 1 saturated carbocycles. The van der Waals surface area contributed by atoms with Crippen molar-refractivity contribution in [2.24, 2.45) is 23.0 Å². The van der Waals surface area contributed by atoms with Gasteiger partial charge in [0.1, 0.15) is 0 Å². The predicted octanol–water partition coefficient (Wildman–Crippen LogP) is 4.68. The highest BCUT2D eigenvalue weighted by Crippen LogP contribution is 2.40. The molecule has 21 heavy (non-hydrogen) atoms. The lowest BCUT2D eigenvalue weighted by atomic mass is 9.67. The maximum Gasteiger partial charge on any atom is 0.00795 e. The molecular formula is C19H40N2. The van der Waals surface area contributed by atoms with Crippen molar-refractivity contribution in [2.45, 2.75) is 92.2 Å². The van der Waals surface area contributed by atoms with E-state index in [-0.39, 0.29) is 0 Å². The van der Waals surface area contributed by atoms with E-state index in [1.54, 1.807) is 0 Å². The molecule has 2 heteroatoms. The van der Waals surface area contributed by atoms with Crippen molar-refractivity contribution in [1.82, 2.24) is 4.90 Å². The lowest BCUT2D eigenvalue weighted by molar-refractivity contribution is 0.0881. The van der Waals surface area contributed by atoms with Gasteiger partial charge >= 0.3 is 0 Å². The van der Waals surface area contributed by atoms with Crippen LogP contribution in [0.5, 0.6) is 0 Å². The largest absolute Gasteiger partial charge is 0.327 e. The zero-order valence-corrected chi connectivity index (χ0v) is 15.5. The number of hydrogen-bond donors (Lipinski definition) is 1. The van der Waals surface area contributed by atoms with Crippen LogP contribution in [0.4, 0.5) is 0 Å². The summed E-state index contributed by atoms with van der Waals surface area (Å²) in [5.41, 5.74) is 6.89. The Bertz CT molecular complexity index is 280. The standard InChI is InChI=1S/C19H40N2/c1-7-8-9-12-21(15(2)3)14-16-13-17(19(4,5)6)10-11-18(16)20/h15-18H,7-14,20H2,1-6H3. The number of nitrogens with zero attached hydrogens (tertiary/aromatic N) is 1. The van der Waals surface area contributed by atoms with Gasteiger partial charge in [0, 0.05) is 18.6 Å². The molecule has 0 bridgehead atoms. The topological polar surface area (TPSA) is 29.3 Å². The van der Waals surface area contributed by atoms with Gasteiger partial charge in [-0.1, -0.05) is 40.5 Å². The maximum absolute atomic E-state index is 6.46. The molecule has 126 valence electrons. The minimum Gasteiger partial charge on any atom is -0.327 e. The first-order valence-corrected chi connectivity index (χ1v) is 9.25. The summed E-state index contributed by atoms with van der Waals surface area (Å²) in [6.07, 6.45) is 7.85. The second-order valence-electron chi connectivity index (χ2n) is 8.60. The molecule has 0 aromatic carbocycles. The number of rotatable bonds is 7. The van der Waals surface area contributed by atoms with Crippen LogP contribution < -0.4 is 5.73 Å². The highest BCUT2D eigenvalue weighted by Gasteiger charge is 2.35. The zero-order valence-electron chi connectivity index (χ0n) is 15.5. The molecule has 0 amide bonds. The minimum atomic E-state index is 0.413. The first kappa shape index (κ1) is 19.0. The van der Waals surface area contributed by atoms with Crippen LogP contribution in [-0.4, -0.2) is 30.1 Å². The molecule has 1 fully saturated rings. The van der Waals surface area contributed by atoms with E-state index < -0.39 is 0 Å². The molecule has 0 aliphatic heterocycles. The van der Waals surface area contributed by atoms with Gasteiger partial charge in [0.05, 0.1) is 0 Å². The molecule has 2 N–H and O–H groups in total. The summed E-state index contributed by atoms with van der Waals surface area (Å²) in [6, 6.07) is 1.06. The highest BCUT2D eigenvalue weighted by atomic mass is 15.1. The highest BCUT2D eigenvalue weighted by molar-refractivity contribution is 4.89. The molecule has 1 aliphatic rings. The van der Waals surface area contributed by atoms with E-state index in [0.29, 0.717) is 23.4 Å². The van der Waals surface area contributed by atoms with Crippen LogP contribution in [0.3, 0.4) is 0 Å². The predicted molar refractivity (Wildman–Crippen MR) is 94.5 cm³/mol. The Hall–Kier alpha value is -0.0800. The van der Waals surface area contributed by atoms with E-state index in [0.717, 1.165) is 5.92 Å². The van der Waals surface area contributed by atoms with E-state index in [9.17, 15) is 0 Å². The number of nitrogens with two attached hydrogens (primary N) is 1. The molecule has 3 unspecified atom stereocenters. The lowest BCUT2D eigenvalue weighted by Gasteiger charge is -2.43. The van der Waals surface area contributed by atoms with Gasteiger partial charge in [-0.2, -0.15) is 0 Å². The first-order valence-electron chi connectivity index (χ1n) is 9.25. The second-order valence-corrected chi connectivity index (χ2v) is 8.60. The van der Waals surface area contributed by atoms with Crippen LogP contribution in [0.1, 0.15) is 80.1 Å². The Morgan fingerprint density at radius 2 is 1.81 bits per heavy atom. The molecule has 1 rings (SSSR count). The number of hydrogen-bond acceptors (Lipinski definition) is 2. The Labute approximate surface area is 133 Å². The van der Waals surface area contributed by atoms with Gasteiger partial charge in [-0.05, 0) is 63.3 Å². The molecule has 3 atom stereocenters. The second kappa shape index (κ2) is 8.53. The third-order valence-corrected chi connectivity index (χ3v) is 5.51. The SMILES string of the molecule is CCCCCN(CC1CC(C(C)(C)C)CCC1N)C(C)C. The normalized spacial score (nSPS) is 27.6. The third kappa shape index (κ3) is 6.28. The van der Waals surface area contributed by atoms with Gasteiger partial charge < -0.3 is 10.6 Å². The van der Waals surface area contributed by atoms with E-state index in [1.165, 1.54) is 51.6 Å². The van der Waals surface area contributed by atoms with Gasteiger partial charge in [-0.15, -0.1) is 0 Å². The molecule has 0 heterocycles. The van der Waals surface area contributed by atoms with Crippen molar-refractivity contribution >= 4 is 0 Å². The Balaban J connectivity index is 2.58. The molecular weight excluding hydrogens is 256 g/mol. The molecule has 0 spiro atoms. The van der Waals surface area contributed by atoms with Crippen LogP contribution in [-0.2, 0) is 0 Å². The summed E-state index contributed by atoms with van der Waals surface area (Å²) in [5.74, 6) is 1.53. The lowest BCUT2D eigenvalue weighted by Crippen LogP contribution is -2.46. The Morgan fingerprint density at radius 1 is 1.14 bits per heavy atom. The summed E-state index contributed by atoms with van der Waals surface area (Å²) >= 11 is 0. The summed E-state index contributed by atoms with van der Waals surface area (Å²) < 4.78 is 0. The summed E-state index contributed by atoms with van der Waals surface area (Å²) in [6.45, 7) is 16.6. The third-order valence-electron chi connectivity index (χ3n) is 5.51. The van der Waals surface area contributed by atoms with Gasteiger partial charge in [-0.3, -0.25) is 0 Å². The molecule has 1 aliphatic carbocycles.